The Morgan fingerprint density at radius 2 is 2.40 bits per heavy atom. The lowest BCUT2D eigenvalue weighted by Gasteiger charge is -1.74. The molecule has 0 bridgehead atoms. The Bertz CT molecular complexity index is 14.4. The number of rotatable bonds is 2. The van der Waals surface area contributed by atoms with E-state index in [1.807, 2.05) is 0 Å². The number of hydrogen-bond donors (Lipinski definition) is 0. The average molecular weight is 155 g/mol. The highest BCUT2D eigenvalue weighted by Gasteiger charge is 1.73. The van der Waals surface area contributed by atoms with Crippen LogP contribution in [0.25, 0.3) is 0 Å². The van der Waals surface area contributed by atoms with E-state index in [4.69, 9.17) is 11.6 Å². The first kappa shape index (κ1) is 5.77. The average Bonchev–Trinajstić information content (AvgIpc) is 1.41. The van der Waals surface area contributed by atoms with Gasteiger partial charge in [-0.05, 0) is 6.42 Å². The molecule has 0 rings (SSSR count). The van der Waals surface area contributed by atoms with E-state index in [-0.39, 0.29) is 0 Å². The van der Waals surface area contributed by atoms with E-state index in [1.54, 1.807) is 11.2 Å². The fraction of sp³-hybridized carbons (Fsp3) is 0.333. The molecule has 0 amide bonds. The van der Waals surface area contributed by atoms with E-state index in [2.05, 4.69) is 15.9 Å². The summed E-state index contributed by atoms with van der Waals surface area (Å²) < 4.78 is 0. The first-order valence-electron chi connectivity index (χ1n) is 1.25. The zero-order chi connectivity index (χ0) is 4.12. The van der Waals surface area contributed by atoms with E-state index in [1.165, 1.54) is 0 Å². The summed E-state index contributed by atoms with van der Waals surface area (Å²) in [5.74, 6) is 1.55. The summed E-state index contributed by atoms with van der Waals surface area (Å²) in [5, 5.41) is 1.81. The van der Waals surface area contributed by atoms with E-state index in [9.17, 15) is 0 Å². The molecule has 0 unspecified atom stereocenters. The van der Waals surface area contributed by atoms with Crippen LogP contribution in [0.4, 0.5) is 0 Å². The highest BCUT2D eigenvalue weighted by Crippen LogP contribution is 1.99. The van der Waals surface area contributed by atoms with Gasteiger partial charge in [0.25, 0.3) is 0 Å². The van der Waals surface area contributed by atoms with Crippen molar-refractivity contribution < 1.29 is 0 Å². The fourth-order valence-corrected chi connectivity index (χ4v) is 0.525. The lowest BCUT2D eigenvalue weighted by Crippen LogP contribution is -1.54. The van der Waals surface area contributed by atoms with Crippen LogP contribution < -0.4 is 0 Å². The van der Waals surface area contributed by atoms with Gasteiger partial charge in [-0.25, -0.2) is 0 Å². The molecular weight excluding hydrogens is 151 g/mol. The van der Waals surface area contributed by atoms with Crippen molar-refractivity contribution >= 4 is 27.5 Å². The van der Waals surface area contributed by atoms with Crippen LogP contribution in [0, 0.1) is 11.2 Å². The Kier molecular flexibility index (Phi) is 5.50. The van der Waals surface area contributed by atoms with Crippen LogP contribution in [0.2, 0.25) is 0 Å². The van der Waals surface area contributed by atoms with Crippen molar-refractivity contribution in [2.75, 3.05) is 0 Å². The molecule has 0 aromatic heterocycles. The van der Waals surface area contributed by atoms with Crippen LogP contribution in [0.5, 0.6) is 0 Å². The van der Waals surface area contributed by atoms with Crippen LogP contribution in [-0.4, -0.2) is 0 Å². The second kappa shape index (κ2) is 4.77. The molecule has 0 N–H and O–H groups in total. The van der Waals surface area contributed by atoms with Gasteiger partial charge in [0, 0.05) is 5.33 Å². The summed E-state index contributed by atoms with van der Waals surface area (Å²) >= 11 is 8.18. The van der Waals surface area contributed by atoms with Crippen LogP contribution in [0.3, 0.4) is 0 Å². The van der Waals surface area contributed by atoms with Gasteiger partial charge >= 0.3 is 0 Å². The molecule has 2 heteroatoms. The summed E-state index contributed by atoms with van der Waals surface area (Å²) in [6, 6.07) is 0. The largest absolute Gasteiger partial charge is 0.121 e. The van der Waals surface area contributed by atoms with Crippen LogP contribution in [0.1, 0.15) is 6.42 Å². The monoisotopic (exact) mass is 154 g/mol. The Morgan fingerprint density at radius 3 is 2.40 bits per heavy atom. The van der Waals surface area contributed by atoms with E-state index in [0.29, 0.717) is 0 Å². The Hall–Kier alpha value is 0.770. The van der Waals surface area contributed by atoms with Gasteiger partial charge in [-0.15, -0.1) is 11.6 Å². The molecule has 2 radical (unpaired) electrons. The maximum Gasteiger partial charge on any atom is 0.0511 e. The van der Waals surface area contributed by atoms with Gasteiger partial charge in [0.15, 0.2) is 0 Å². The third-order valence-corrected chi connectivity index (χ3v) is 0.730. The van der Waals surface area contributed by atoms with Gasteiger partial charge in [-0.3, -0.25) is 0 Å². The summed E-state index contributed by atoms with van der Waals surface area (Å²) in [6.07, 6.45) is 0.821. The highest BCUT2D eigenvalue weighted by molar-refractivity contribution is 9.10. The summed E-state index contributed by atoms with van der Waals surface area (Å²) in [6.45, 7) is 0. The second-order valence-corrected chi connectivity index (χ2v) is 1.50. The predicted molar refractivity (Wildman–Crippen MR) is 28.0 cm³/mol. The van der Waals surface area contributed by atoms with Gasteiger partial charge in [0.2, 0.25) is 0 Å². The molecular formula is C3H4BrCl. The third-order valence-electron chi connectivity index (χ3n) is 0.178. The lowest BCUT2D eigenvalue weighted by molar-refractivity contribution is 1.34. The molecule has 0 saturated carbocycles. The zero-order valence-corrected chi connectivity index (χ0v) is 4.96. The quantitative estimate of drug-likeness (QED) is 0.574. The highest BCUT2D eigenvalue weighted by atomic mass is 79.9. The molecule has 0 aliphatic rings. The summed E-state index contributed by atoms with van der Waals surface area (Å²) in [7, 11) is 0. The van der Waals surface area contributed by atoms with Crippen molar-refractivity contribution in [3.8, 4) is 0 Å². The maximum absolute atomic E-state index is 5.12. The SMILES string of the molecule is Cl[CH]C[CH]Br. The minimum absolute atomic E-state index is 0.821. The minimum atomic E-state index is 0.821. The zero-order valence-electron chi connectivity index (χ0n) is 2.62. The van der Waals surface area contributed by atoms with E-state index >= 15 is 0 Å². The molecule has 0 spiro atoms. The fourth-order valence-electron chi connectivity index (χ4n) is 0.0337. The minimum Gasteiger partial charge on any atom is -0.121 e. The molecule has 0 atom stereocenters. The lowest BCUT2D eigenvalue weighted by atomic mass is 10.6. The second-order valence-electron chi connectivity index (χ2n) is 0.544. The Morgan fingerprint density at radius 1 is 1.80 bits per heavy atom. The van der Waals surface area contributed by atoms with Crippen molar-refractivity contribution in [1.29, 1.82) is 0 Å². The molecule has 30 valence electrons. The maximum atomic E-state index is 5.12. The predicted octanol–water partition coefficient (Wildman–Crippen LogP) is 2.33. The van der Waals surface area contributed by atoms with Crippen molar-refractivity contribution in [1.82, 2.24) is 0 Å². The van der Waals surface area contributed by atoms with Crippen LogP contribution in [0.15, 0.2) is 0 Å². The first-order chi connectivity index (χ1) is 2.41. The van der Waals surface area contributed by atoms with Gasteiger partial charge in [0.05, 0.1) is 5.88 Å². The molecule has 5 heavy (non-hydrogen) atoms. The number of hydrogen-bond acceptors (Lipinski definition) is 0. The third kappa shape index (κ3) is 4.77. The standard InChI is InChI=1S/C3H4BrCl/c4-2-1-3-5/h2-3H,1H2. The van der Waals surface area contributed by atoms with Gasteiger partial charge in [0.1, 0.15) is 0 Å². The van der Waals surface area contributed by atoms with Crippen molar-refractivity contribution in [3.63, 3.8) is 0 Å². The molecule has 0 aliphatic heterocycles. The number of halogens is 2. The Balaban J connectivity index is 2.19. The topological polar surface area (TPSA) is 0 Å². The van der Waals surface area contributed by atoms with Gasteiger partial charge < -0.3 is 0 Å². The molecule has 0 nitrogen and oxygen atoms in total. The summed E-state index contributed by atoms with van der Waals surface area (Å²) in [4.78, 5) is 0. The molecule has 0 aromatic rings. The smallest absolute Gasteiger partial charge is 0.0511 e. The summed E-state index contributed by atoms with van der Waals surface area (Å²) in [5.41, 5.74) is 0. The van der Waals surface area contributed by atoms with Gasteiger partial charge in [-0.1, -0.05) is 15.9 Å². The molecule has 0 aliphatic carbocycles. The molecule has 0 saturated heterocycles. The first-order valence-corrected chi connectivity index (χ1v) is 2.61. The van der Waals surface area contributed by atoms with E-state index in [0.717, 1.165) is 6.42 Å². The van der Waals surface area contributed by atoms with E-state index < -0.39 is 0 Å². The van der Waals surface area contributed by atoms with Crippen molar-refractivity contribution in [2.24, 2.45) is 0 Å². The van der Waals surface area contributed by atoms with Crippen LogP contribution in [-0.2, 0) is 0 Å². The Labute approximate surface area is 45.6 Å². The molecule has 0 aromatic carbocycles. The van der Waals surface area contributed by atoms with Crippen molar-refractivity contribution in [3.05, 3.63) is 11.2 Å². The van der Waals surface area contributed by atoms with Crippen molar-refractivity contribution in [2.45, 2.75) is 6.42 Å². The molecule has 0 heterocycles. The normalized spacial score (nSPS) is 8.40. The van der Waals surface area contributed by atoms with Crippen LogP contribution >= 0.6 is 27.5 Å². The molecule has 0 fully saturated rings. The van der Waals surface area contributed by atoms with Gasteiger partial charge in [-0.2, -0.15) is 0 Å².